The Morgan fingerprint density at radius 1 is 1.22 bits per heavy atom. The van der Waals surface area contributed by atoms with Gasteiger partial charge in [0.1, 0.15) is 0 Å². The summed E-state index contributed by atoms with van der Waals surface area (Å²) in [6.07, 6.45) is 2.97. The smallest absolute Gasteiger partial charge is 0.0571 e. The van der Waals surface area contributed by atoms with Crippen LogP contribution in [0.2, 0.25) is 0 Å². The predicted octanol–water partition coefficient (Wildman–Crippen LogP) is 2.47. The second-order valence-corrected chi connectivity index (χ2v) is 4.80. The van der Waals surface area contributed by atoms with Crippen LogP contribution in [0.5, 0.6) is 0 Å². The molecule has 0 atom stereocenters. The fourth-order valence-corrected chi connectivity index (χ4v) is 2.25. The molecule has 0 unspecified atom stereocenters. The van der Waals surface area contributed by atoms with Crippen LogP contribution < -0.4 is 5.32 Å². The molecule has 1 N–H and O–H groups in total. The van der Waals surface area contributed by atoms with Crippen LogP contribution in [0.25, 0.3) is 11.1 Å². The molecule has 1 aromatic carbocycles. The monoisotopic (exact) mass is 243 g/mol. The third kappa shape index (κ3) is 2.46. The Hall–Kier alpha value is -1.61. The molecule has 2 rings (SSSR count). The number of benzene rings is 1. The standard InChI is InChI=1S/C15H21N3/c1-11-5-6-12(2)13(9-11)14-10-17-18(4)15(14)7-8-16-3/h5-6,9-10,16H,7-8H2,1-4H3. The Labute approximate surface area is 109 Å². The number of likely N-dealkylation sites (N-methyl/N-ethyl adjacent to an activating group) is 1. The molecule has 0 radical (unpaired) electrons. The molecule has 96 valence electrons. The highest BCUT2D eigenvalue weighted by Crippen LogP contribution is 2.27. The molecule has 3 nitrogen and oxygen atoms in total. The number of rotatable bonds is 4. The SMILES string of the molecule is CNCCc1c(-c2cc(C)ccc2C)cnn1C. The predicted molar refractivity (Wildman–Crippen MR) is 75.7 cm³/mol. The van der Waals surface area contributed by atoms with E-state index in [2.05, 4.69) is 42.5 Å². The molecule has 1 heterocycles. The quantitative estimate of drug-likeness (QED) is 0.894. The van der Waals surface area contributed by atoms with E-state index in [9.17, 15) is 0 Å². The van der Waals surface area contributed by atoms with Crippen molar-refractivity contribution in [2.75, 3.05) is 13.6 Å². The summed E-state index contributed by atoms with van der Waals surface area (Å²) in [6.45, 7) is 5.26. The molecule has 0 amide bonds. The van der Waals surface area contributed by atoms with Crippen molar-refractivity contribution in [3.05, 3.63) is 41.2 Å². The molecule has 0 saturated heterocycles. The normalized spacial score (nSPS) is 10.9. The number of hydrogen-bond acceptors (Lipinski definition) is 2. The van der Waals surface area contributed by atoms with Crippen molar-refractivity contribution in [3.8, 4) is 11.1 Å². The number of aryl methyl sites for hydroxylation is 3. The minimum atomic E-state index is 0.970. The molecule has 18 heavy (non-hydrogen) atoms. The zero-order valence-electron chi connectivity index (χ0n) is 11.6. The summed E-state index contributed by atoms with van der Waals surface area (Å²) in [7, 11) is 3.99. The topological polar surface area (TPSA) is 29.9 Å². The zero-order chi connectivity index (χ0) is 13.1. The molecule has 0 spiro atoms. The Morgan fingerprint density at radius 3 is 2.72 bits per heavy atom. The third-order valence-electron chi connectivity index (χ3n) is 3.36. The lowest BCUT2D eigenvalue weighted by Gasteiger charge is -2.09. The highest BCUT2D eigenvalue weighted by Gasteiger charge is 2.12. The maximum atomic E-state index is 4.41. The van der Waals surface area contributed by atoms with Crippen LogP contribution in [-0.4, -0.2) is 23.4 Å². The molecular formula is C15H21N3. The van der Waals surface area contributed by atoms with Crippen LogP contribution >= 0.6 is 0 Å². The maximum absolute atomic E-state index is 4.41. The van der Waals surface area contributed by atoms with Gasteiger partial charge in [-0.3, -0.25) is 4.68 Å². The molecule has 0 aliphatic heterocycles. The van der Waals surface area contributed by atoms with E-state index in [0.29, 0.717) is 0 Å². The van der Waals surface area contributed by atoms with Gasteiger partial charge in [-0.1, -0.05) is 23.8 Å². The minimum absolute atomic E-state index is 0.970. The summed E-state index contributed by atoms with van der Waals surface area (Å²) in [5.41, 5.74) is 6.44. The average Bonchev–Trinajstić information content (AvgIpc) is 2.71. The molecule has 0 fully saturated rings. The van der Waals surface area contributed by atoms with Gasteiger partial charge in [0.05, 0.1) is 6.20 Å². The highest BCUT2D eigenvalue weighted by atomic mass is 15.3. The van der Waals surface area contributed by atoms with Crippen LogP contribution in [0.1, 0.15) is 16.8 Å². The summed E-state index contributed by atoms with van der Waals surface area (Å²) in [5, 5.41) is 7.60. The molecule has 0 aliphatic rings. The van der Waals surface area contributed by atoms with Gasteiger partial charge in [0.2, 0.25) is 0 Å². The Balaban J connectivity index is 2.46. The Kier molecular flexibility index (Phi) is 3.82. The molecular weight excluding hydrogens is 222 g/mol. The first-order valence-electron chi connectivity index (χ1n) is 6.36. The van der Waals surface area contributed by atoms with Gasteiger partial charge >= 0.3 is 0 Å². The summed E-state index contributed by atoms with van der Waals surface area (Å²) >= 11 is 0. The lowest BCUT2D eigenvalue weighted by molar-refractivity contribution is 0.682. The van der Waals surface area contributed by atoms with E-state index in [-0.39, 0.29) is 0 Å². The number of nitrogens with one attached hydrogen (secondary N) is 1. The van der Waals surface area contributed by atoms with E-state index in [0.717, 1.165) is 13.0 Å². The van der Waals surface area contributed by atoms with Crippen molar-refractivity contribution in [3.63, 3.8) is 0 Å². The van der Waals surface area contributed by atoms with E-state index >= 15 is 0 Å². The van der Waals surface area contributed by atoms with Crippen LogP contribution in [0.3, 0.4) is 0 Å². The maximum Gasteiger partial charge on any atom is 0.0571 e. The van der Waals surface area contributed by atoms with Crippen molar-refractivity contribution in [2.45, 2.75) is 20.3 Å². The Morgan fingerprint density at radius 2 is 2.00 bits per heavy atom. The van der Waals surface area contributed by atoms with Gasteiger partial charge < -0.3 is 5.32 Å². The van der Waals surface area contributed by atoms with Crippen molar-refractivity contribution in [1.82, 2.24) is 15.1 Å². The van der Waals surface area contributed by atoms with E-state index in [1.54, 1.807) is 0 Å². The van der Waals surface area contributed by atoms with Crippen LogP contribution in [0, 0.1) is 13.8 Å². The van der Waals surface area contributed by atoms with Crippen LogP contribution in [0.4, 0.5) is 0 Å². The van der Waals surface area contributed by atoms with Gasteiger partial charge in [0, 0.05) is 31.3 Å². The molecule has 0 saturated carbocycles. The van der Waals surface area contributed by atoms with Gasteiger partial charge in [0.25, 0.3) is 0 Å². The van der Waals surface area contributed by atoms with Gasteiger partial charge in [-0.05, 0) is 32.0 Å². The first-order chi connectivity index (χ1) is 8.63. The lowest BCUT2D eigenvalue weighted by Crippen LogP contribution is -2.13. The molecule has 2 aromatic rings. The second-order valence-electron chi connectivity index (χ2n) is 4.80. The fourth-order valence-electron chi connectivity index (χ4n) is 2.25. The van der Waals surface area contributed by atoms with E-state index in [1.807, 2.05) is 25.0 Å². The van der Waals surface area contributed by atoms with E-state index in [1.165, 1.54) is 27.9 Å². The summed E-state index contributed by atoms with van der Waals surface area (Å²) in [4.78, 5) is 0. The minimum Gasteiger partial charge on any atom is -0.319 e. The van der Waals surface area contributed by atoms with Gasteiger partial charge in [0.15, 0.2) is 0 Å². The lowest BCUT2D eigenvalue weighted by atomic mass is 9.98. The Bertz CT molecular complexity index is 541. The van der Waals surface area contributed by atoms with Crippen molar-refractivity contribution < 1.29 is 0 Å². The summed E-state index contributed by atoms with van der Waals surface area (Å²) < 4.78 is 1.98. The zero-order valence-corrected chi connectivity index (χ0v) is 11.6. The summed E-state index contributed by atoms with van der Waals surface area (Å²) in [6, 6.07) is 6.58. The number of nitrogens with zero attached hydrogens (tertiary/aromatic N) is 2. The average molecular weight is 243 g/mol. The van der Waals surface area contributed by atoms with E-state index in [4.69, 9.17) is 0 Å². The first kappa shape index (κ1) is 12.8. The molecule has 1 aromatic heterocycles. The van der Waals surface area contributed by atoms with Crippen molar-refractivity contribution in [2.24, 2.45) is 7.05 Å². The number of aromatic nitrogens is 2. The van der Waals surface area contributed by atoms with E-state index < -0.39 is 0 Å². The van der Waals surface area contributed by atoms with Crippen molar-refractivity contribution >= 4 is 0 Å². The third-order valence-corrected chi connectivity index (χ3v) is 3.36. The summed E-state index contributed by atoms with van der Waals surface area (Å²) in [5.74, 6) is 0. The van der Waals surface area contributed by atoms with Gasteiger partial charge in [-0.15, -0.1) is 0 Å². The van der Waals surface area contributed by atoms with Crippen LogP contribution in [0.15, 0.2) is 24.4 Å². The molecule has 0 aliphatic carbocycles. The van der Waals surface area contributed by atoms with Gasteiger partial charge in [-0.25, -0.2) is 0 Å². The largest absolute Gasteiger partial charge is 0.319 e. The second kappa shape index (κ2) is 5.36. The van der Waals surface area contributed by atoms with Crippen LogP contribution in [-0.2, 0) is 13.5 Å². The fraction of sp³-hybridized carbons (Fsp3) is 0.400. The number of hydrogen-bond donors (Lipinski definition) is 1. The molecule has 0 bridgehead atoms. The first-order valence-corrected chi connectivity index (χ1v) is 6.36. The van der Waals surface area contributed by atoms with Gasteiger partial charge in [-0.2, -0.15) is 5.10 Å². The molecule has 3 heteroatoms. The highest BCUT2D eigenvalue weighted by molar-refractivity contribution is 5.69. The van der Waals surface area contributed by atoms with Crippen molar-refractivity contribution in [1.29, 1.82) is 0 Å².